The number of carbonyl (C=O) groups is 1. The van der Waals surface area contributed by atoms with Crippen LogP contribution in [0.2, 0.25) is 0 Å². The number of Topliss-reactive ketones (excluding diaryl/α,β-unsaturated/α-hetero) is 1. The summed E-state index contributed by atoms with van der Waals surface area (Å²) in [5.41, 5.74) is 1.19. The van der Waals surface area contributed by atoms with Gasteiger partial charge >= 0.3 is 0 Å². The van der Waals surface area contributed by atoms with Crippen LogP contribution in [-0.4, -0.2) is 35.8 Å². The van der Waals surface area contributed by atoms with E-state index in [1.54, 1.807) is 0 Å². The second-order valence-corrected chi connectivity index (χ2v) is 5.85. The molecule has 1 aliphatic rings. The van der Waals surface area contributed by atoms with Crippen molar-refractivity contribution in [2.45, 2.75) is 33.1 Å². The van der Waals surface area contributed by atoms with Crippen LogP contribution in [0.1, 0.15) is 47.7 Å². The number of carbonyl (C=O) groups excluding carboxylic acids is 1. The van der Waals surface area contributed by atoms with Crippen molar-refractivity contribution in [3.8, 4) is 5.75 Å². The van der Waals surface area contributed by atoms with E-state index in [1.807, 2.05) is 19.1 Å². The molecule has 0 fully saturated rings. The van der Waals surface area contributed by atoms with Crippen LogP contribution in [0, 0.1) is 12.3 Å². The van der Waals surface area contributed by atoms with E-state index < -0.39 is 5.41 Å². The predicted molar refractivity (Wildman–Crippen MR) is 76.3 cm³/mol. The minimum Gasteiger partial charge on any atom is -0.492 e. The molecule has 1 aliphatic heterocycles. The summed E-state index contributed by atoms with van der Waals surface area (Å²) in [6.07, 6.45) is 0.324. The molecule has 2 rings (SSSR count). The van der Waals surface area contributed by atoms with Gasteiger partial charge in [0, 0.05) is 0 Å². The Labute approximate surface area is 119 Å². The Morgan fingerprint density at radius 1 is 1.30 bits per heavy atom. The predicted octanol–water partition coefficient (Wildman–Crippen LogP) is 2.05. The molecule has 4 nitrogen and oxygen atoms in total. The molecule has 0 saturated carbocycles. The molecule has 1 heterocycles. The molecule has 1 aromatic rings. The number of ether oxygens (including phenoxy) is 1. The maximum atomic E-state index is 12.8. The molecule has 0 unspecified atom stereocenters. The van der Waals surface area contributed by atoms with Crippen LogP contribution in [0.15, 0.2) is 12.1 Å². The van der Waals surface area contributed by atoms with Crippen LogP contribution in [0.3, 0.4) is 0 Å². The number of ketones is 1. The second-order valence-electron chi connectivity index (χ2n) is 5.85. The van der Waals surface area contributed by atoms with E-state index in [1.165, 1.54) is 0 Å². The van der Waals surface area contributed by atoms with Crippen molar-refractivity contribution in [2.24, 2.45) is 5.41 Å². The third-order valence-corrected chi connectivity index (χ3v) is 4.16. The van der Waals surface area contributed by atoms with E-state index in [0.29, 0.717) is 24.3 Å². The van der Waals surface area contributed by atoms with E-state index >= 15 is 0 Å². The molecular formula is C16H22O4. The maximum Gasteiger partial charge on any atom is 0.177 e. The SMILES string of the molecule is Cc1ccc(C(C)C)c2c1C(=O)C(CO)(CO)CCO2. The molecule has 0 radical (unpaired) electrons. The molecule has 4 heteroatoms. The van der Waals surface area contributed by atoms with Crippen molar-refractivity contribution in [3.63, 3.8) is 0 Å². The first kappa shape index (κ1) is 15.0. The molecule has 2 N–H and O–H groups in total. The van der Waals surface area contributed by atoms with Gasteiger partial charge in [0.15, 0.2) is 5.78 Å². The highest BCUT2D eigenvalue weighted by Gasteiger charge is 2.42. The molecule has 0 saturated heterocycles. The number of aliphatic hydroxyl groups is 2. The lowest BCUT2D eigenvalue weighted by Gasteiger charge is -2.26. The zero-order chi connectivity index (χ0) is 14.9. The molecule has 110 valence electrons. The number of benzene rings is 1. The van der Waals surface area contributed by atoms with Crippen LogP contribution in [0.5, 0.6) is 5.75 Å². The van der Waals surface area contributed by atoms with E-state index in [4.69, 9.17) is 4.74 Å². The van der Waals surface area contributed by atoms with Crippen LogP contribution < -0.4 is 4.74 Å². The quantitative estimate of drug-likeness (QED) is 0.888. The van der Waals surface area contributed by atoms with Crippen molar-refractivity contribution in [3.05, 3.63) is 28.8 Å². The summed E-state index contributed by atoms with van der Waals surface area (Å²) in [7, 11) is 0. The van der Waals surface area contributed by atoms with Crippen LogP contribution in [0.4, 0.5) is 0 Å². The molecule has 0 spiro atoms. The fourth-order valence-corrected chi connectivity index (χ4v) is 2.67. The molecule has 0 bridgehead atoms. The number of fused-ring (bicyclic) bond motifs is 1. The first-order valence-electron chi connectivity index (χ1n) is 6.99. The molecule has 0 aliphatic carbocycles. The zero-order valence-electron chi connectivity index (χ0n) is 12.3. The number of hydrogen-bond donors (Lipinski definition) is 2. The average molecular weight is 278 g/mol. The van der Waals surface area contributed by atoms with Crippen molar-refractivity contribution in [2.75, 3.05) is 19.8 Å². The highest BCUT2D eigenvalue weighted by Crippen LogP contribution is 2.40. The van der Waals surface area contributed by atoms with Gasteiger partial charge in [0.1, 0.15) is 5.75 Å². The van der Waals surface area contributed by atoms with Gasteiger partial charge in [-0.25, -0.2) is 0 Å². The number of rotatable bonds is 3. The van der Waals surface area contributed by atoms with Gasteiger partial charge in [-0.3, -0.25) is 4.79 Å². The van der Waals surface area contributed by atoms with Crippen LogP contribution >= 0.6 is 0 Å². The Bertz CT molecular complexity index is 515. The van der Waals surface area contributed by atoms with Gasteiger partial charge in [0.2, 0.25) is 0 Å². The van der Waals surface area contributed by atoms with Crippen molar-refractivity contribution in [1.82, 2.24) is 0 Å². The zero-order valence-corrected chi connectivity index (χ0v) is 12.3. The summed E-state index contributed by atoms with van der Waals surface area (Å²) in [6, 6.07) is 3.89. The van der Waals surface area contributed by atoms with Gasteiger partial charge in [-0.2, -0.15) is 0 Å². The molecule has 0 aromatic heterocycles. The Kier molecular flexibility index (Phi) is 4.16. The normalized spacial score (nSPS) is 17.6. The molecule has 0 atom stereocenters. The van der Waals surface area contributed by atoms with Crippen LogP contribution in [0.25, 0.3) is 0 Å². The van der Waals surface area contributed by atoms with Gasteiger partial charge in [0.05, 0.1) is 30.8 Å². The Balaban J connectivity index is 2.65. The largest absolute Gasteiger partial charge is 0.492 e. The molecule has 1 aromatic carbocycles. The van der Waals surface area contributed by atoms with Gasteiger partial charge < -0.3 is 14.9 Å². The number of hydrogen-bond acceptors (Lipinski definition) is 4. The minimum atomic E-state index is -1.13. The van der Waals surface area contributed by atoms with Crippen LogP contribution in [-0.2, 0) is 0 Å². The molecular weight excluding hydrogens is 256 g/mol. The number of aliphatic hydroxyl groups excluding tert-OH is 2. The van der Waals surface area contributed by atoms with Gasteiger partial charge in [-0.1, -0.05) is 26.0 Å². The lowest BCUT2D eigenvalue weighted by atomic mass is 9.78. The summed E-state index contributed by atoms with van der Waals surface area (Å²) in [5, 5.41) is 19.2. The Morgan fingerprint density at radius 3 is 2.50 bits per heavy atom. The third-order valence-electron chi connectivity index (χ3n) is 4.16. The fraction of sp³-hybridized carbons (Fsp3) is 0.562. The Morgan fingerprint density at radius 2 is 1.95 bits per heavy atom. The highest BCUT2D eigenvalue weighted by molar-refractivity contribution is 6.05. The molecule has 0 amide bonds. The van der Waals surface area contributed by atoms with E-state index in [-0.39, 0.29) is 24.9 Å². The smallest absolute Gasteiger partial charge is 0.177 e. The first-order chi connectivity index (χ1) is 9.46. The van der Waals surface area contributed by atoms with Crippen molar-refractivity contribution in [1.29, 1.82) is 0 Å². The maximum absolute atomic E-state index is 12.8. The second kappa shape index (κ2) is 5.54. The summed E-state index contributed by atoms with van der Waals surface area (Å²) in [5.74, 6) is 0.650. The van der Waals surface area contributed by atoms with Gasteiger partial charge in [0.25, 0.3) is 0 Å². The molecule has 20 heavy (non-hydrogen) atoms. The summed E-state index contributed by atoms with van der Waals surface area (Å²) in [4.78, 5) is 12.8. The van der Waals surface area contributed by atoms with E-state index in [2.05, 4.69) is 13.8 Å². The number of aryl methyl sites for hydroxylation is 1. The summed E-state index contributed by atoms with van der Waals surface area (Å²) < 4.78 is 5.81. The topological polar surface area (TPSA) is 66.8 Å². The summed E-state index contributed by atoms with van der Waals surface area (Å²) >= 11 is 0. The first-order valence-corrected chi connectivity index (χ1v) is 6.99. The van der Waals surface area contributed by atoms with E-state index in [0.717, 1.165) is 11.1 Å². The highest BCUT2D eigenvalue weighted by atomic mass is 16.5. The standard InChI is InChI=1S/C16H22O4/c1-10(2)12-5-4-11(3)13-14(12)20-7-6-16(8-17,9-18)15(13)19/h4-5,10,17-18H,6-9H2,1-3H3. The van der Waals surface area contributed by atoms with Gasteiger partial charge in [-0.15, -0.1) is 0 Å². The average Bonchev–Trinajstić information content (AvgIpc) is 2.57. The minimum absolute atomic E-state index is 0.213. The lowest BCUT2D eigenvalue weighted by molar-refractivity contribution is 0.0345. The summed E-state index contributed by atoms with van der Waals surface area (Å²) in [6.45, 7) is 5.55. The van der Waals surface area contributed by atoms with Crippen molar-refractivity contribution >= 4 is 5.78 Å². The van der Waals surface area contributed by atoms with E-state index in [9.17, 15) is 15.0 Å². The van der Waals surface area contributed by atoms with Crippen molar-refractivity contribution < 1.29 is 19.7 Å². The lowest BCUT2D eigenvalue weighted by Crippen LogP contribution is -2.39. The monoisotopic (exact) mass is 278 g/mol. The Hall–Kier alpha value is -1.39. The third kappa shape index (κ3) is 2.23. The fourth-order valence-electron chi connectivity index (χ4n) is 2.67. The van der Waals surface area contributed by atoms with Gasteiger partial charge in [-0.05, 0) is 30.4 Å².